The molecule has 0 bridgehead atoms. The first-order chi connectivity index (χ1) is 31.9. The van der Waals surface area contributed by atoms with Crippen LogP contribution in [0.25, 0.3) is 0 Å². The molecule has 1 fully saturated rings. The molecule has 1 aliphatic rings. The number of esters is 5. The molecule has 0 unspecified atom stereocenters. The van der Waals surface area contributed by atoms with Gasteiger partial charge in [0.15, 0.2) is 30.5 Å². The largest absolute Gasteiger partial charge is 0.470 e. The van der Waals surface area contributed by atoms with Crippen LogP contribution in [0.4, 0.5) is 5.82 Å². The lowest BCUT2D eigenvalue weighted by molar-refractivity contribution is -0.186. The molecular weight excluding hydrogens is 885 g/mol. The molecule has 0 N–H and O–H groups in total. The second-order valence-corrected chi connectivity index (χ2v) is 17.0. The fourth-order valence-electron chi connectivity index (χ4n) is 5.97. The Morgan fingerprint density at radius 2 is 1.09 bits per heavy atom. The molecule has 1 amide bonds. The third-order valence-electron chi connectivity index (χ3n) is 9.64. The van der Waals surface area contributed by atoms with Gasteiger partial charge in [0.25, 0.3) is 5.88 Å². The molecule has 0 aliphatic carbocycles. The lowest BCUT2D eigenvalue weighted by atomic mass is 10.1. The highest BCUT2D eigenvalue weighted by Crippen LogP contribution is 2.27. The van der Waals surface area contributed by atoms with Crippen LogP contribution in [-0.4, -0.2) is 125 Å². The van der Waals surface area contributed by atoms with Crippen molar-refractivity contribution in [3.8, 4) is 5.88 Å². The SMILES string of the molecule is CC/C=C\C/C=C\C/C=C\C/C=C\C/C=C\C/C=C\CCC(=O)O[C@@H](C)C(=O)O[C@@H](C)C(=O)O[C@@H](C)C(=O)O[C@@H](C)C(=O)O[C@H](COc1nsnc1N1CCOCC1)CN(C(C)=O)C(C)(C)C. The molecule has 5 atom stereocenters. The summed E-state index contributed by atoms with van der Waals surface area (Å²) in [4.78, 5) is 79.9. The van der Waals surface area contributed by atoms with Crippen LogP contribution in [-0.2, 0) is 57.2 Å². The molecular formula is C49H72N4O13S. The van der Waals surface area contributed by atoms with E-state index in [1.807, 2.05) is 43.9 Å². The standard InChI is InChI=1S/C49H72N4O13S/c1-10-11-12-13-14-15-16-17-18-19-20-21-22-23-24-25-26-27-28-29-42(55)62-36(2)45(56)63-37(3)46(57)64-38(4)47(58)65-39(5)48(59)66-41(34-53(40(6)54)49(7,8)9)35-61-44-43(50-67-51-44)52-30-32-60-33-31-52/h11-12,14-15,17-18,20-21,23-24,26-27,36-39,41H,10,13,16,19,22,25,28-35H2,1-9H3/b12-11-,15-14-,18-17-,21-20-,24-23-,27-26-/t36-,37-,38-,39-,41-/m0/s1. The van der Waals surface area contributed by atoms with Crippen LogP contribution in [0.5, 0.6) is 5.88 Å². The molecule has 372 valence electrons. The number of ether oxygens (including phenoxy) is 7. The van der Waals surface area contributed by atoms with Gasteiger partial charge in [0.2, 0.25) is 11.7 Å². The van der Waals surface area contributed by atoms with Gasteiger partial charge in [-0.2, -0.15) is 4.37 Å². The molecule has 2 heterocycles. The summed E-state index contributed by atoms with van der Waals surface area (Å²) in [6.07, 6.45) is 24.2. The molecule has 0 saturated carbocycles. The zero-order chi connectivity index (χ0) is 49.6. The van der Waals surface area contributed by atoms with Gasteiger partial charge in [-0.15, -0.1) is 4.37 Å². The summed E-state index contributed by atoms with van der Waals surface area (Å²) in [6, 6.07) is 0. The Balaban J connectivity index is 1.76. The summed E-state index contributed by atoms with van der Waals surface area (Å²) in [5, 5.41) is 0. The van der Waals surface area contributed by atoms with Crippen LogP contribution in [0, 0.1) is 0 Å². The van der Waals surface area contributed by atoms with Gasteiger partial charge in [0.1, 0.15) is 6.61 Å². The molecule has 17 nitrogen and oxygen atoms in total. The Hall–Kier alpha value is -5.62. The van der Waals surface area contributed by atoms with E-state index in [0.717, 1.165) is 43.8 Å². The van der Waals surface area contributed by atoms with E-state index in [9.17, 15) is 28.8 Å². The molecule has 1 saturated heterocycles. The van der Waals surface area contributed by atoms with Crippen molar-refractivity contribution in [1.29, 1.82) is 0 Å². The Morgan fingerprint density at radius 1 is 0.657 bits per heavy atom. The highest BCUT2D eigenvalue weighted by atomic mass is 32.1. The van der Waals surface area contributed by atoms with E-state index in [1.54, 1.807) is 0 Å². The molecule has 1 aliphatic heterocycles. The van der Waals surface area contributed by atoms with Gasteiger partial charge in [0.05, 0.1) is 31.5 Å². The number of anilines is 1. The van der Waals surface area contributed by atoms with Gasteiger partial charge < -0.3 is 43.0 Å². The number of hydrogen-bond acceptors (Lipinski definition) is 17. The van der Waals surface area contributed by atoms with Crippen molar-refractivity contribution >= 4 is 53.3 Å². The van der Waals surface area contributed by atoms with Crippen molar-refractivity contribution in [1.82, 2.24) is 13.6 Å². The molecule has 1 aromatic rings. The summed E-state index contributed by atoms with van der Waals surface area (Å²) in [5.74, 6) is -4.24. The van der Waals surface area contributed by atoms with Crippen LogP contribution in [0.15, 0.2) is 72.9 Å². The predicted molar refractivity (Wildman–Crippen MR) is 255 cm³/mol. The third-order valence-corrected chi connectivity index (χ3v) is 10.1. The van der Waals surface area contributed by atoms with E-state index in [2.05, 4.69) is 70.4 Å². The van der Waals surface area contributed by atoms with Crippen LogP contribution in [0.3, 0.4) is 0 Å². The molecule has 18 heteroatoms. The monoisotopic (exact) mass is 956 g/mol. The van der Waals surface area contributed by atoms with Crippen LogP contribution < -0.4 is 9.64 Å². The van der Waals surface area contributed by atoms with Crippen LogP contribution in [0.2, 0.25) is 0 Å². The highest BCUT2D eigenvalue weighted by molar-refractivity contribution is 6.99. The normalized spacial score (nSPS) is 15.8. The van der Waals surface area contributed by atoms with Gasteiger partial charge >= 0.3 is 29.8 Å². The molecule has 0 radical (unpaired) electrons. The Morgan fingerprint density at radius 3 is 1.54 bits per heavy atom. The number of rotatable bonds is 29. The van der Waals surface area contributed by atoms with Crippen molar-refractivity contribution in [3.63, 3.8) is 0 Å². The number of carbonyl (C=O) groups is 6. The first kappa shape index (κ1) is 57.5. The third kappa shape index (κ3) is 24.1. The van der Waals surface area contributed by atoms with E-state index in [-0.39, 0.29) is 31.4 Å². The second-order valence-electron chi connectivity index (χ2n) is 16.5. The molecule has 0 spiro atoms. The van der Waals surface area contributed by atoms with Gasteiger partial charge in [-0.05, 0) is 93.4 Å². The number of aromatic nitrogens is 2. The lowest BCUT2D eigenvalue weighted by Gasteiger charge is -2.37. The maximum atomic E-state index is 13.3. The average molecular weight is 957 g/mol. The van der Waals surface area contributed by atoms with E-state index >= 15 is 0 Å². The second kappa shape index (κ2) is 32.1. The summed E-state index contributed by atoms with van der Waals surface area (Å²) < 4.78 is 46.4. The lowest BCUT2D eigenvalue weighted by Crippen LogP contribution is -2.50. The molecule has 2 rings (SSSR count). The number of amides is 1. The molecule has 0 aromatic carbocycles. The number of nitrogens with zero attached hydrogens (tertiary/aromatic N) is 4. The van der Waals surface area contributed by atoms with E-state index in [0.29, 0.717) is 45.0 Å². The van der Waals surface area contributed by atoms with Gasteiger partial charge in [-0.25, -0.2) is 19.2 Å². The predicted octanol–water partition coefficient (Wildman–Crippen LogP) is 7.52. The van der Waals surface area contributed by atoms with Crippen molar-refractivity contribution in [3.05, 3.63) is 72.9 Å². The number of hydrogen-bond donors (Lipinski definition) is 0. The maximum absolute atomic E-state index is 13.3. The summed E-state index contributed by atoms with van der Waals surface area (Å²) in [6.45, 7) is 16.0. The zero-order valence-corrected chi connectivity index (χ0v) is 41.5. The van der Waals surface area contributed by atoms with Gasteiger partial charge in [-0.1, -0.05) is 79.8 Å². The van der Waals surface area contributed by atoms with E-state index in [1.165, 1.54) is 39.5 Å². The minimum Gasteiger partial charge on any atom is -0.470 e. The van der Waals surface area contributed by atoms with Crippen molar-refractivity contribution in [2.24, 2.45) is 0 Å². The van der Waals surface area contributed by atoms with E-state index in [4.69, 9.17) is 33.2 Å². The van der Waals surface area contributed by atoms with Crippen molar-refractivity contribution < 1.29 is 61.9 Å². The fourth-order valence-corrected chi connectivity index (χ4v) is 6.49. The topological polar surface area (TPSA) is 199 Å². The van der Waals surface area contributed by atoms with Crippen molar-refractivity contribution in [2.45, 2.75) is 150 Å². The first-order valence-corrected chi connectivity index (χ1v) is 23.6. The zero-order valence-electron chi connectivity index (χ0n) is 40.7. The Bertz CT molecular complexity index is 1880. The number of allylic oxidation sites excluding steroid dienone is 12. The smallest absolute Gasteiger partial charge is 0.347 e. The molecule has 67 heavy (non-hydrogen) atoms. The summed E-state index contributed by atoms with van der Waals surface area (Å²) in [5.41, 5.74) is -0.639. The average Bonchev–Trinajstić information content (AvgIpc) is 3.76. The minimum absolute atomic E-state index is 0.0334. The van der Waals surface area contributed by atoms with Crippen LogP contribution in [0.1, 0.15) is 114 Å². The summed E-state index contributed by atoms with van der Waals surface area (Å²) in [7, 11) is 0. The minimum atomic E-state index is -1.52. The first-order valence-electron chi connectivity index (χ1n) is 22.9. The fraction of sp³-hybridized carbons (Fsp3) is 0.592. The molecule has 1 aromatic heterocycles. The number of morpholine rings is 1. The number of carbonyl (C=O) groups excluding carboxylic acids is 6. The Kier molecular flexibility index (Phi) is 27.6. The summed E-state index contributed by atoms with van der Waals surface area (Å²) >= 11 is 0.961. The quantitative estimate of drug-likeness (QED) is 0.0434. The van der Waals surface area contributed by atoms with Gasteiger partial charge in [0, 0.05) is 32.0 Å². The maximum Gasteiger partial charge on any atom is 0.347 e. The van der Waals surface area contributed by atoms with Crippen molar-refractivity contribution in [2.75, 3.05) is 44.4 Å². The Labute approximate surface area is 400 Å². The highest BCUT2D eigenvalue weighted by Gasteiger charge is 2.34. The van der Waals surface area contributed by atoms with E-state index < -0.39 is 65.9 Å². The van der Waals surface area contributed by atoms with Crippen LogP contribution >= 0.6 is 11.7 Å². The van der Waals surface area contributed by atoms with Gasteiger partial charge in [-0.3, -0.25) is 9.59 Å².